The summed E-state index contributed by atoms with van der Waals surface area (Å²) in [6.07, 6.45) is 1.75. The number of pyridine rings is 1. The van der Waals surface area contributed by atoms with Crippen LogP contribution < -0.4 is 5.32 Å². The van der Waals surface area contributed by atoms with Gasteiger partial charge in [-0.05, 0) is 24.3 Å². The highest BCUT2D eigenvalue weighted by molar-refractivity contribution is 6.47. The van der Waals surface area contributed by atoms with Gasteiger partial charge in [0.15, 0.2) is 5.78 Å². The lowest BCUT2D eigenvalue weighted by Crippen LogP contribution is -2.39. The van der Waals surface area contributed by atoms with Crippen LogP contribution in [-0.4, -0.2) is 52.4 Å². The fraction of sp³-hybridized carbons (Fsp3) is 0.160. The number of benzene rings is 2. The van der Waals surface area contributed by atoms with Crippen LogP contribution in [0.1, 0.15) is 32.4 Å². The molecule has 2 aromatic carbocycles. The van der Waals surface area contributed by atoms with Crippen LogP contribution >= 0.6 is 0 Å². The number of nitrogens with one attached hydrogen (secondary N) is 1. The van der Waals surface area contributed by atoms with Gasteiger partial charge >= 0.3 is 5.97 Å². The first-order chi connectivity index (χ1) is 17.3. The summed E-state index contributed by atoms with van der Waals surface area (Å²) in [5.41, 5.74) is 0.664. The number of fused-ring (bicyclic) bond motifs is 1. The van der Waals surface area contributed by atoms with Crippen molar-refractivity contribution in [2.45, 2.75) is 6.10 Å². The van der Waals surface area contributed by atoms with Gasteiger partial charge in [-0.15, -0.1) is 0 Å². The van der Waals surface area contributed by atoms with Crippen LogP contribution in [0, 0.1) is 16.0 Å². The van der Waals surface area contributed by atoms with Gasteiger partial charge < -0.3 is 15.1 Å². The highest BCUT2D eigenvalue weighted by Gasteiger charge is 2.45. The van der Waals surface area contributed by atoms with Crippen molar-refractivity contribution < 1.29 is 24.0 Å². The van der Waals surface area contributed by atoms with Crippen molar-refractivity contribution in [3.05, 3.63) is 99.9 Å². The Morgan fingerprint density at radius 3 is 2.53 bits per heavy atom. The number of hydrogen-bond donors (Lipinski definition) is 1. The first kappa shape index (κ1) is 24.2. The predicted molar refractivity (Wildman–Crippen MR) is 130 cm³/mol. The molecule has 2 unspecified atom stereocenters. The predicted octanol–water partition coefficient (Wildman–Crippen LogP) is 3.26. The number of nitro groups is 1. The molecule has 2 atom stereocenters. The molecule has 0 saturated heterocycles. The van der Waals surface area contributed by atoms with E-state index in [1.54, 1.807) is 38.4 Å². The fourth-order valence-corrected chi connectivity index (χ4v) is 3.88. The summed E-state index contributed by atoms with van der Waals surface area (Å²) in [6.45, 7) is 0. The Kier molecular flexibility index (Phi) is 6.81. The molecule has 0 spiro atoms. The third-order valence-electron chi connectivity index (χ3n) is 5.42. The SMILES string of the molecule is CN(C)/N=C(\C(=O)Nc1cccc([N+](=O)[O-])c1)C(C(=O)c1ccncc1)C1OC(=O)c2ccccc21. The van der Waals surface area contributed by atoms with Crippen molar-refractivity contribution in [3.8, 4) is 0 Å². The maximum atomic E-state index is 13.8. The third kappa shape index (κ3) is 4.94. The number of esters is 1. The number of carbonyl (C=O) groups is 3. The number of nitrogens with zero attached hydrogens (tertiary/aromatic N) is 4. The normalized spacial score (nSPS) is 15.4. The van der Waals surface area contributed by atoms with Crippen LogP contribution in [0.5, 0.6) is 0 Å². The number of hydrogen-bond acceptors (Lipinski definition) is 9. The van der Waals surface area contributed by atoms with Crippen LogP contribution in [0.25, 0.3) is 0 Å². The van der Waals surface area contributed by atoms with Crippen molar-refractivity contribution in [2.75, 3.05) is 19.4 Å². The van der Waals surface area contributed by atoms with Gasteiger partial charge in [-0.2, -0.15) is 5.10 Å². The molecule has 36 heavy (non-hydrogen) atoms. The molecule has 1 aliphatic rings. The Balaban J connectivity index is 1.80. The van der Waals surface area contributed by atoms with Gasteiger partial charge in [0, 0.05) is 55.4 Å². The minimum atomic E-state index is -1.32. The summed E-state index contributed by atoms with van der Waals surface area (Å²) in [5, 5.41) is 19.4. The average molecular weight is 487 g/mol. The van der Waals surface area contributed by atoms with Crippen molar-refractivity contribution in [1.82, 2.24) is 9.99 Å². The topological polar surface area (TPSA) is 144 Å². The number of anilines is 1. The third-order valence-corrected chi connectivity index (χ3v) is 5.42. The molecule has 0 saturated carbocycles. The van der Waals surface area contributed by atoms with Crippen LogP contribution in [0.3, 0.4) is 0 Å². The number of carbonyl (C=O) groups excluding carboxylic acids is 3. The quantitative estimate of drug-likeness (QED) is 0.168. The monoisotopic (exact) mass is 487 g/mol. The Labute approximate surface area is 205 Å². The number of ketones is 1. The number of non-ortho nitro benzene ring substituents is 1. The van der Waals surface area contributed by atoms with Gasteiger partial charge in [-0.3, -0.25) is 24.7 Å². The second kappa shape index (κ2) is 10.1. The van der Waals surface area contributed by atoms with E-state index in [0.717, 1.165) is 0 Å². The van der Waals surface area contributed by atoms with E-state index in [2.05, 4.69) is 15.4 Å². The summed E-state index contributed by atoms with van der Waals surface area (Å²) in [5.74, 6) is -3.23. The molecule has 1 aliphatic heterocycles. The standard InChI is InChI=1S/C25H21N5O6/c1-29(2)28-21(24(32)27-16-6-5-7-17(14-16)30(34)35)20(22(31)15-10-12-26-13-11-15)23-18-8-3-4-9-19(18)25(33)36-23/h3-14,20,23H,1-2H3,(H,27,32)/b28-21-. The van der Waals surface area contributed by atoms with E-state index in [1.165, 1.54) is 53.8 Å². The molecule has 0 fully saturated rings. The van der Waals surface area contributed by atoms with E-state index >= 15 is 0 Å². The lowest BCUT2D eigenvalue weighted by Gasteiger charge is -2.24. The summed E-state index contributed by atoms with van der Waals surface area (Å²) >= 11 is 0. The summed E-state index contributed by atoms with van der Waals surface area (Å²) in [7, 11) is 3.15. The van der Waals surface area contributed by atoms with E-state index < -0.39 is 34.6 Å². The van der Waals surface area contributed by atoms with Crippen molar-refractivity contribution in [2.24, 2.45) is 11.0 Å². The maximum absolute atomic E-state index is 13.8. The van der Waals surface area contributed by atoms with E-state index in [0.29, 0.717) is 11.1 Å². The molecule has 3 aromatic rings. The minimum absolute atomic E-state index is 0.139. The van der Waals surface area contributed by atoms with E-state index in [1.807, 2.05) is 0 Å². The highest BCUT2D eigenvalue weighted by atomic mass is 16.6. The Bertz CT molecular complexity index is 1370. The molecular formula is C25H21N5O6. The first-order valence-electron chi connectivity index (χ1n) is 10.8. The molecule has 0 aliphatic carbocycles. The van der Waals surface area contributed by atoms with Crippen molar-refractivity contribution >= 4 is 34.7 Å². The van der Waals surface area contributed by atoms with Gasteiger partial charge in [0.1, 0.15) is 17.7 Å². The van der Waals surface area contributed by atoms with Gasteiger partial charge in [-0.25, -0.2) is 4.79 Å². The Morgan fingerprint density at radius 1 is 1.11 bits per heavy atom. The maximum Gasteiger partial charge on any atom is 0.339 e. The van der Waals surface area contributed by atoms with Gasteiger partial charge in [0.05, 0.1) is 10.5 Å². The number of aromatic nitrogens is 1. The van der Waals surface area contributed by atoms with E-state index in [9.17, 15) is 24.5 Å². The molecular weight excluding hydrogens is 466 g/mol. The summed E-state index contributed by atoms with van der Waals surface area (Å²) in [4.78, 5) is 54.4. The number of hydrazone groups is 1. The molecule has 1 N–H and O–H groups in total. The second-order valence-electron chi connectivity index (χ2n) is 8.08. The van der Waals surface area contributed by atoms with Crippen LogP contribution in [0.15, 0.2) is 78.2 Å². The molecule has 1 amide bonds. The van der Waals surface area contributed by atoms with Crippen LogP contribution in [0.2, 0.25) is 0 Å². The lowest BCUT2D eigenvalue weighted by molar-refractivity contribution is -0.384. The largest absolute Gasteiger partial charge is 0.453 e. The lowest BCUT2D eigenvalue weighted by atomic mass is 9.84. The number of amides is 1. The molecule has 182 valence electrons. The van der Waals surface area contributed by atoms with E-state index in [-0.39, 0.29) is 22.6 Å². The molecule has 0 radical (unpaired) electrons. The molecule has 11 nitrogen and oxygen atoms in total. The summed E-state index contributed by atoms with van der Waals surface area (Å²) < 4.78 is 5.61. The molecule has 0 bridgehead atoms. The van der Waals surface area contributed by atoms with Gasteiger partial charge in [0.25, 0.3) is 11.6 Å². The number of rotatable bonds is 8. The van der Waals surface area contributed by atoms with Crippen LogP contribution in [0.4, 0.5) is 11.4 Å². The van der Waals surface area contributed by atoms with Crippen molar-refractivity contribution in [3.63, 3.8) is 0 Å². The molecule has 1 aromatic heterocycles. The summed E-state index contributed by atoms with van der Waals surface area (Å²) in [6, 6.07) is 15.0. The zero-order valence-electron chi connectivity index (χ0n) is 19.3. The van der Waals surface area contributed by atoms with Gasteiger partial charge in [-0.1, -0.05) is 24.3 Å². The molecule has 11 heteroatoms. The Morgan fingerprint density at radius 2 is 1.83 bits per heavy atom. The fourth-order valence-electron chi connectivity index (χ4n) is 3.88. The number of Topliss-reactive ketones (excluding diaryl/α,β-unsaturated/α-hetero) is 1. The minimum Gasteiger partial charge on any atom is -0.453 e. The average Bonchev–Trinajstić information content (AvgIpc) is 3.20. The van der Waals surface area contributed by atoms with Crippen LogP contribution in [-0.2, 0) is 9.53 Å². The molecule has 2 heterocycles. The first-order valence-corrected chi connectivity index (χ1v) is 10.8. The van der Waals surface area contributed by atoms with Crippen molar-refractivity contribution in [1.29, 1.82) is 0 Å². The van der Waals surface area contributed by atoms with Gasteiger partial charge in [0.2, 0.25) is 0 Å². The Hall–Kier alpha value is -4.93. The highest BCUT2D eigenvalue weighted by Crippen LogP contribution is 2.38. The number of cyclic esters (lactones) is 1. The van der Waals surface area contributed by atoms with E-state index in [4.69, 9.17) is 4.74 Å². The number of nitro benzene ring substituents is 1. The number of ether oxygens (including phenoxy) is 1. The molecule has 4 rings (SSSR count). The smallest absolute Gasteiger partial charge is 0.339 e. The zero-order valence-corrected chi connectivity index (χ0v) is 19.3. The second-order valence-corrected chi connectivity index (χ2v) is 8.08. The zero-order chi connectivity index (χ0) is 25.8.